The van der Waals surface area contributed by atoms with Crippen LogP contribution in [0.3, 0.4) is 0 Å². The molecule has 0 aliphatic rings. The second-order valence-corrected chi connectivity index (χ2v) is 4.71. The molecule has 0 unspecified atom stereocenters. The lowest BCUT2D eigenvalue weighted by Gasteiger charge is -2.00. The number of alkyl halides is 1. The third-order valence-corrected chi connectivity index (χ3v) is 3.33. The van der Waals surface area contributed by atoms with Crippen LogP contribution in [0.5, 0.6) is 0 Å². The Hall–Kier alpha value is -0.610. The van der Waals surface area contributed by atoms with Crippen molar-refractivity contribution in [3.05, 3.63) is 40.1 Å². The average molecular weight is 331 g/mol. The first kappa shape index (κ1) is 10.9. The van der Waals surface area contributed by atoms with E-state index in [0.29, 0.717) is 5.33 Å². The Kier molecular flexibility index (Phi) is 3.26. The van der Waals surface area contributed by atoms with Gasteiger partial charge in [-0.2, -0.15) is 0 Å². The minimum atomic E-state index is 0.684. The topological polar surface area (TPSA) is 26.0 Å². The zero-order chi connectivity index (χ0) is 10.8. The molecular weight excluding hydrogens is 322 g/mol. The Morgan fingerprint density at radius 2 is 2.13 bits per heavy atom. The van der Waals surface area contributed by atoms with E-state index in [2.05, 4.69) is 56.1 Å². The van der Waals surface area contributed by atoms with E-state index in [1.807, 2.05) is 12.1 Å². The summed E-state index contributed by atoms with van der Waals surface area (Å²) in [5, 5.41) is 4.71. The Labute approximate surface area is 105 Å². The summed E-state index contributed by atoms with van der Waals surface area (Å²) >= 11 is 6.84. The molecule has 0 radical (unpaired) electrons. The average Bonchev–Trinajstić information content (AvgIpc) is 2.70. The van der Waals surface area contributed by atoms with Crippen molar-refractivity contribution >= 4 is 31.9 Å². The zero-order valence-corrected chi connectivity index (χ0v) is 11.3. The van der Waals surface area contributed by atoms with Gasteiger partial charge in [0.25, 0.3) is 0 Å². The molecule has 1 aromatic heterocycles. The summed E-state index contributed by atoms with van der Waals surface area (Å²) in [5.74, 6) is 0.832. The fourth-order valence-corrected chi connectivity index (χ4v) is 2.05. The highest BCUT2D eigenvalue weighted by atomic mass is 79.9. The van der Waals surface area contributed by atoms with Crippen LogP contribution >= 0.6 is 31.9 Å². The lowest BCUT2D eigenvalue weighted by Crippen LogP contribution is -1.81. The molecule has 15 heavy (non-hydrogen) atoms. The van der Waals surface area contributed by atoms with Crippen molar-refractivity contribution in [1.29, 1.82) is 0 Å². The molecule has 0 amide bonds. The number of rotatable bonds is 2. The minimum Gasteiger partial charge on any atom is -0.360 e. The zero-order valence-electron chi connectivity index (χ0n) is 8.13. The van der Waals surface area contributed by atoms with E-state index in [1.54, 1.807) is 0 Å². The van der Waals surface area contributed by atoms with Crippen LogP contribution in [0.15, 0.2) is 33.3 Å². The molecule has 0 N–H and O–H groups in total. The highest BCUT2D eigenvalue weighted by molar-refractivity contribution is 9.10. The Morgan fingerprint density at radius 1 is 1.33 bits per heavy atom. The summed E-state index contributed by atoms with van der Waals surface area (Å²) in [6.45, 7) is 2.06. The van der Waals surface area contributed by atoms with Crippen LogP contribution in [0, 0.1) is 6.92 Å². The van der Waals surface area contributed by atoms with Gasteiger partial charge in [-0.15, -0.1) is 0 Å². The molecule has 2 nitrogen and oxygen atoms in total. The number of halogens is 2. The van der Waals surface area contributed by atoms with E-state index in [0.717, 1.165) is 21.5 Å². The van der Waals surface area contributed by atoms with E-state index in [9.17, 15) is 0 Å². The third-order valence-electron chi connectivity index (χ3n) is 2.09. The summed E-state index contributed by atoms with van der Waals surface area (Å²) in [6.07, 6.45) is 0. The van der Waals surface area contributed by atoms with Crippen molar-refractivity contribution in [3.63, 3.8) is 0 Å². The van der Waals surface area contributed by atoms with Gasteiger partial charge in [0.15, 0.2) is 0 Å². The van der Waals surface area contributed by atoms with Gasteiger partial charge in [0, 0.05) is 16.1 Å². The predicted molar refractivity (Wildman–Crippen MR) is 67.0 cm³/mol. The number of benzene rings is 1. The molecule has 0 atom stereocenters. The predicted octanol–water partition coefficient (Wildman–Crippen LogP) is 4.31. The molecule has 2 rings (SSSR count). The minimum absolute atomic E-state index is 0.684. The van der Waals surface area contributed by atoms with Crippen LogP contribution in [0.25, 0.3) is 11.3 Å². The molecular formula is C11H9Br2NO. The fourth-order valence-electron chi connectivity index (χ4n) is 1.34. The van der Waals surface area contributed by atoms with Gasteiger partial charge in [0.2, 0.25) is 0 Å². The molecule has 1 aromatic carbocycles. The van der Waals surface area contributed by atoms with Crippen molar-refractivity contribution in [3.8, 4) is 11.3 Å². The van der Waals surface area contributed by atoms with Crippen LogP contribution in [-0.2, 0) is 5.33 Å². The van der Waals surface area contributed by atoms with Gasteiger partial charge < -0.3 is 4.52 Å². The molecule has 0 spiro atoms. The van der Waals surface area contributed by atoms with Gasteiger partial charge in [-0.25, -0.2) is 0 Å². The van der Waals surface area contributed by atoms with Crippen molar-refractivity contribution < 1.29 is 4.52 Å². The second kappa shape index (κ2) is 4.49. The maximum absolute atomic E-state index is 5.15. The largest absolute Gasteiger partial charge is 0.360 e. The maximum Gasteiger partial charge on any atom is 0.147 e. The van der Waals surface area contributed by atoms with E-state index in [1.165, 1.54) is 5.56 Å². The smallest absolute Gasteiger partial charge is 0.147 e. The van der Waals surface area contributed by atoms with Gasteiger partial charge in [-0.3, -0.25) is 0 Å². The van der Waals surface area contributed by atoms with E-state index in [4.69, 9.17) is 4.52 Å². The second-order valence-electron chi connectivity index (χ2n) is 3.30. The van der Waals surface area contributed by atoms with E-state index >= 15 is 0 Å². The maximum atomic E-state index is 5.15. The number of hydrogen-bond donors (Lipinski definition) is 0. The van der Waals surface area contributed by atoms with Crippen LogP contribution in [-0.4, -0.2) is 5.16 Å². The molecule has 0 aliphatic carbocycles. The van der Waals surface area contributed by atoms with Crippen molar-refractivity contribution in [2.75, 3.05) is 0 Å². The molecule has 78 valence electrons. The van der Waals surface area contributed by atoms with Crippen LogP contribution in [0.4, 0.5) is 0 Å². The third kappa shape index (κ3) is 2.32. The number of hydrogen-bond acceptors (Lipinski definition) is 2. The molecule has 2 aromatic rings. The number of aromatic nitrogens is 1. The summed E-state index contributed by atoms with van der Waals surface area (Å²) in [7, 11) is 0. The standard InChI is InChI=1S/C11H9Br2NO/c1-7-2-3-10(13)9(4-7)11-5-8(6-12)15-14-11/h2-5H,6H2,1H3. The van der Waals surface area contributed by atoms with Gasteiger partial charge >= 0.3 is 0 Å². The highest BCUT2D eigenvalue weighted by Gasteiger charge is 2.08. The number of aryl methyl sites for hydroxylation is 1. The van der Waals surface area contributed by atoms with Gasteiger partial charge in [0.05, 0.1) is 5.33 Å². The quantitative estimate of drug-likeness (QED) is 0.767. The van der Waals surface area contributed by atoms with Crippen LogP contribution in [0.1, 0.15) is 11.3 Å². The normalized spacial score (nSPS) is 10.6. The summed E-state index contributed by atoms with van der Waals surface area (Å²) < 4.78 is 6.18. The Bertz CT molecular complexity index is 479. The SMILES string of the molecule is Cc1ccc(Br)c(-c2cc(CBr)on2)c1. The molecule has 0 saturated heterocycles. The molecule has 0 bridgehead atoms. The summed E-state index contributed by atoms with van der Waals surface area (Å²) in [5.41, 5.74) is 3.13. The van der Waals surface area contributed by atoms with Crippen molar-refractivity contribution in [2.45, 2.75) is 12.3 Å². The van der Waals surface area contributed by atoms with Crippen molar-refractivity contribution in [1.82, 2.24) is 5.16 Å². The lowest BCUT2D eigenvalue weighted by atomic mass is 10.1. The van der Waals surface area contributed by atoms with E-state index < -0.39 is 0 Å². The first-order valence-electron chi connectivity index (χ1n) is 4.49. The number of nitrogens with zero attached hydrogens (tertiary/aromatic N) is 1. The first-order chi connectivity index (χ1) is 7.20. The molecule has 1 heterocycles. The summed E-state index contributed by atoms with van der Waals surface area (Å²) in [6, 6.07) is 8.10. The Morgan fingerprint density at radius 3 is 2.80 bits per heavy atom. The molecule has 0 fully saturated rings. The summed E-state index contributed by atoms with van der Waals surface area (Å²) in [4.78, 5) is 0. The lowest BCUT2D eigenvalue weighted by molar-refractivity contribution is 0.398. The van der Waals surface area contributed by atoms with Crippen LogP contribution in [0.2, 0.25) is 0 Å². The van der Waals surface area contributed by atoms with Gasteiger partial charge in [-0.1, -0.05) is 48.6 Å². The Balaban J connectivity index is 2.48. The van der Waals surface area contributed by atoms with Crippen molar-refractivity contribution in [2.24, 2.45) is 0 Å². The fraction of sp³-hybridized carbons (Fsp3) is 0.182. The monoisotopic (exact) mass is 329 g/mol. The van der Waals surface area contributed by atoms with Gasteiger partial charge in [0.1, 0.15) is 11.5 Å². The molecule has 4 heteroatoms. The van der Waals surface area contributed by atoms with Gasteiger partial charge in [-0.05, 0) is 19.1 Å². The highest BCUT2D eigenvalue weighted by Crippen LogP contribution is 2.29. The molecule has 0 saturated carbocycles. The van der Waals surface area contributed by atoms with Crippen LogP contribution < -0.4 is 0 Å². The first-order valence-corrected chi connectivity index (χ1v) is 6.40. The molecule has 0 aliphatic heterocycles. The van der Waals surface area contributed by atoms with E-state index in [-0.39, 0.29) is 0 Å².